The van der Waals surface area contributed by atoms with Crippen LogP contribution in [0, 0.1) is 18.6 Å². The Kier molecular flexibility index (Phi) is 2.56. The van der Waals surface area contributed by atoms with E-state index in [0.29, 0.717) is 11.3 Å². The summed E-state index contributed by atoms with van der Waals surface area (Å²) in [5.41, 5.74) is 0.875. The molecule has 4 heteroatoms. The van der Waals surface area contributed by atoms with Crippen LogP contribution in [0.1, 0.15) is 5.69 Å². The number of benzene rings is 1. The lowest BCUT2D eigenvalue weighted by Crippen LogP contribution is -2.06. The topological polar surface area (TPSA) is 32.9 Å². The first-order chi connectivity index (χ1) is 7.59. The van der Waals surface area contributed by atoms with Crippen LogP contribution in [0.25, 0.3) is 11.1 Å². The van der Waals surface area contributed by atoms with Gasteiger partial charge in [-0.2, -0.15) is 0 Å². The zero-order valence-corrected chi connectivity index (χ0v) is 8.55. The van der Waals surface area contributed by atoms with E-state index in [4.69, 9.17) is 0 Å². The first-order valence-electron chi connectivity index (χ1n) is 4.74. The van der Waals surface area contributed by atoms with E-state index in [-0.39, 0.29) is 11.1 Å². The fourth-order valence-electron chi connectivity index (χ4n) is 1.58. The summed E-state index contributed by atoms with van der Waals surface area (Å²) in [6.45, 7) is 1.64. The molecule has 0 spiro atoms. The summed E-state index contributed by atoms with van der Waals surface area (Å²) in [6.07, 6.45) is 0. The number of aromatic amines is 1. The van der Waals surface area contributed by atoms with Crippen LogP contribution < -0.4 is 5.56 Å². The number of rotatable bonds is 1. The minimum atomic E-state index is -0.905. The number of aromatic nitrogens is 1. The van der Waals surface area contributed by atoms with Crippen molar-refractivity contribution in [1.82, 2.24) is 4.98 Å². The molecular formula is C12H9F2NO. The van der Waals surface area contributed by atoms with Crippen molar-refractivity contribution in [1.29, 1.82) is 0 Å². The SMILES string of the molecule is Cc1[nH]c(=O)ccc1-c1cccc(F)c1F. The Labute approximate surface area is 90.6 Å². The van der Waals surface area contributed by atoms with Gasteiger partial charge in [-0.1, -0.05) is 12.1 Å². The van der Waals surface area contributed by atoms with E-state index in [1.165, 1.54) is 24.3 Å². The smallest absolute Gasteiger partial charge is 0.248 e. The van der Waals surface area contributed by atoms with Gasteiger partial charge in [0.25, 0.3) is 0 Å². The van der Waals surface area contributed by atoms with E-state index >= 15 is 0 Å². The number of aryl methyl sites for hydroxylation is 1. The van der Waals surface area contributed by atoms with E-state index in [2.05, 4.69) is 4.98 Å². The van der Waals surface area contributed by atoms with Gasteiger partial charge in [-0.25, -0.2) is 8.78 Å². The molecule has 0 unspecified atom stereocenters. The summed E-state index contributed by atoms with van der Waals surface area (Å²) < 4.78 is 26.5. The van der Waals surface area contributed by atoms with E-state index < -0.39 is 11.6 Å². The predicted octanol–water partition coefficient (Wildman–Crippen LogP) is 2.63. The Hall–Kier alpha value is -1.97. The lowest BCUT2D eigenvalue weighted by atomic mass is 10.0. The second-order valence-corrected chi connectivity index (χ2v) is 3.46. The Morgan fingerprint density at radius 1 is 1.06 bits per heavy atom. The molecule has 0 amide bonds. The molecule has 82 valence electrons. The molecular weight excluding hydrogens is 212 g/mol. The molecule has 0 aliphatic carbocycles. The molecule has 0 saturated heterocycles. The molecule has 0 aliphatic rings. The average molecular weight is 221 g/mol. The zero-order valence-electron chi connectivity index (χ0n) is 8.55. The Morgan fingerprint density at radius 3 is 2.50 bits per heavy atom. The van der Waals surface area contributed by atoms with Crippen molar-refractivity contribution in [3.63, 3.8) is 0 Å². The first kappa shape index (κ1) is 10.5. The highest BCUT2D eigenvalue weighted by Crippen LogP contribution is 2.25. The fourth-order valence-corrected chi connectivity index (χ4v) is 1.58. The molecule has 16 heavy (non-hydrogen) atoms. The normalized spacial score (nSPS) is 10.4. The maximum absolute atomic E-state index is 13.5. The summed E-state index contributed by atoms with van der Waals surface area (Å²) >= 11 is 0. The van der Waals surface area contributed by atoms with Crippen molar-refractivity contribution in [3.05, 3.63) is 58.0 Å². The third kappa shape index (κ3) is 1.74. The molecule has 0 radical (unpaired) electrons. The first-order valence-corrected chi connectivity index (χ1v) is 4.74. The van der Waals surface area contributed by atoms with Gasteiger partial charge in [0.05, 0.1) is 0 Å². The van der Waals surface area contributed by atoms with Gasteiger partial charge in [-0.15, -0.1) is 0 Å². The minimum absolute atomic E-state index is 0.147. The maximum Gasteiger partial charge on any atom is 0.248 e. The van der Waals surface area contributed by atoms with Crippen molar-refractivity contribution >= 4 is 0 Å². The van der Waals surface area contributed by atoms with Gasteiger partial charge in [0.1, 0.15) is 0 Å². The van der Waals surface area contributed by atoms with Crippen molar-refractivity contribution < 1.29 is 8.78 Å². The lowest BCUT2D eigenvalue weighted by Gasteiger charge is -2.06. The number of halogens is 2. The van der Waals surface area contributed by atoms with E-state index in [1.54, 1.807) is 6.92 Å². The van der Waals surface area contributed by atoms with E-state index in [1.807, 2.05) is 0 Å². The molecule has 0 saturated carbocycles. The summed E-state index contributed by atoms with van der Waals surface area (Å²) in [5.74, 6) is -1.80. The monoisotopic (exact) mass is 221 g/mol. The molecule has 0 aliphatic heterocycles. The Morgan fingerprint density at radius 2 is 1.81 bits per heavy atom. The van der Waals surface area contributed by atoms with Crippen LogP contribution in [0.4, 0.5) is 8.78 Å². The summed E-state index contributed by atoms with van der Waals surface area (Å²) in [4.78, 5) is 13.5. The molecule has 0 fully saturated rings. The number of hydrogen-bond donors (Lipinski definition) is 1. The quantitative estimate of drug-likeness (QED) is 0.788. The Balaban J connectivity index is 2.68. The van der Waals surface area contributed by atoms with Crippen LogP contribution in [0.15, 0.2) is 35.1 Å². The standard InChI is InChI=1S/C12H9F2NO/c1-7-8(5-6-11(16)15-7)9-3-2-4-10(13)12(9)14/h2-6H,1H3,(H,15,16). The molecule has 0 atom stereocenters. The van der Waals surface area contributed by atoms with Crippen LogP contribution in [0.5, 0.6) is 0 Å². The lowest BCUT2D eigenvalue weighted by molar-refractivity contribution is 0.511. The zero-order chi connectivity index (χ0) is 11.7. The van der Waals surface area contributed by atoms with Gasteiger partial charge in [-0.3, -0.25) is 4.79 Å². The molecule has 1 aromatic carbocycles. The second kappa shape index (κ2) is 3.89. The highest BCUT2D eigenvalue weighted by atomic mass is 19.2. The molecule has 2 nitrogen and oxygen atoms in total. The highest BCUT2D eigenvalue weighted by molar-refractivity contribution is 5.66. The molecule has 1 aromatic heterocycles. The second-order valence-electron chi connectivity index (χ2n) is 3.46. The number of hydrogen-bond acceptors (Lipinski definition) is 1. The van der Waals surface area contributed by atoms with Gasteiger partial charge in [-0.05, 0) is 19.1 Å². The third-order valence-corrected chi connectivity index (χ3v) is 2.36. The van der Waals surface area contributed by atoms with Gasteiger partial charge in [0, 0.05) is 22.9 Å². The predicted molar refractivity (Wildman–Crippen MR) is 57.2 cm³/mol. The molecule has 0 bridgehead atoms. The summed E-state index contributed by atoms with van der Waals surface area (Å²) in [7, 11) is 0. The fraction of sp³-hybridized carbons (Fsp3) is 0.0833. The number of nitrogens with one attached hydrogen (secondary N) is 1. The molecule has 1 heterocycles. The Bertz CT molecular complexity index is 590. The minimum Gasteiger partial charge on any atom is -0.326 e. The van der Waals surface area contributed by atoms with E-state index in [9.17, 15) is 13.6 Å². The average Bonchev–Trinajstić information content (AvgIpc) is 2.23. The van der Waals surface area contributed by atoms with Crippen LogP contribution in [-0.4, -0.2) is 4.98 Å². The third-order valence-electron chi connectivity index (χ3n) is 2.36. The van der Waals surface area contributed by atoms with Crippen molar-refractivity contribution in [2.24, 2.45) is 0 Å². The van der Waals surface area contributed by atoms with Crippen molar-refractivity contribution in [2.75, 3.05) is 0 Å². The van der Waals surface area contributed by atoms with Crippen LogP contribution in [0.3, 0.4) is 0 Å². The number of pyridine rings is 1. The molecule has 2 aromatic rings. The van der Waals surface area contributed by atoms with Gasteiger partial charge in [0.15, 0.2) is 11.6 Å². The van der Waals surface area contributed by atoms with Gasteiger partial charge in [0.2, 0.25) is 5.56 Å². The maximum atomic E-state index is 13.5. The molecule has 2 rings (SSSR count). The summed E-state index contributed by atoms with van der Waals surface area (Å²) in [5, 5.41) is 0. The molecule has 1 N–H and O–H groups in total. The van der Waals surface area contributed by atoms with E-state index in [0.717, 1.165) is 6.07 Å². The van der Waals surface area contributed by atoms with Crippen molar-refractivity contribution in [2.45, 2.75) is 6.92 Å². The van der Waals surface area contributed by atoms with Crippen LogP contribution in [0.2, 0.25) is 0 Å². The van der Waals surface area contributed by atoms with Crippen LogP contribution >= 0.6 is 0 Å². The highest BCUT2D eigenvalue weighted by Gasteiger charge is 2.11. The van der Waals surface area contributed by atoms with Crippen molar-refractivity contribution in [3.8, 4) is 11.1 Å². The number of H-pyrrole nitrogens is 1. The van der Waals surface area contributed by atoms with Gasteiger partial charge < -0.3 is 4.98 Å². The largest absolute Gasteiger partial charge is 0.326 e. The van der Waals surface area contributed by atoms with Gasteiger partial charge >= 0.3 is 0 Å². The summed E-state index contributed by atoms with van der Waals surface area (Å²) in [6, 6.07) is 6.72. The van der Waals surface area contributed by atoms with Crippen LogP contribution in [-0.2, 0) is 0 Å².